The Balaban J connectivity index is 1.93. The number of nitrogens with zero attached hydrogens (tertiary/aromatic N) is 1. The summed E-state index contributed by atoms with van der Waals surface area (Å²) in [6, 6.07) is 11.5. The van der Waals surface area contributed by atoms with Crippen molar-refractivity contribution in [3.8, 4) is 0 Å². The number of benzene rings is 2. The average molecular weight is 406 g/mol. The quantitative estimate of drug-likeness (QED) is 0.785. The zero-order chi connectivity index (χ0) is 20.6. The van der Waals surface area contributed by atoms with Crippen LogP contribution in [0.25, 0.3) is 0 Å². The molecule has 1 heterocycles. The maximum atomic E-state index is 13.9. The summed E-state index contributed by atoms with van der Waals surface area (Å²) in [6.45, 7) is 0.394. The van der Waals surface area contributed by atoms with Crippen LogP contribution in [0.1, 0.15) is 11.5 Å². The monoisotopic (exact) mass is 406 g/mol. The van der Waals surface area contributed by atoms with Crippen molar-refractivity contribution in [2.24, 2.45) is 5.92 Å². The summed E-state index contributed by atoms with van der Waals surface area (Å²) in [6.07, 6.45) is 6.53. The number of carbonyl (C=O) groups is 2. The van der Waals surface area contributed by atoms with Gasteiger partial charge in [-0.2, -0.15) is 0 Å². The Bertz CT molecular complexity index is 927. The van der Waals surface area contributed by atoms with Gasteiger partial charge in [0.15, 0.2) is 11.6 Å². The molecular weight excluding hydrogens is 382 g/mol. The lowest BCUT2D eigenvalue weighted by atomic mass is 9.88. The van der Waals surface area contributed by atoms with Crippen molar-refractivity contribution in [2.75, 3.05) is 37.7 Å². The number of anilines is 1. The highest BCUT2D eigenvalue weighted by Gasteiger charge is 2.44. The highest BCUT2D eigenvalue weighted by Crippen LogP contribution is 2.46. The van der Waals surface area contributed by atoms with Crippen LogP contribution in [0.2, 0.25) is 0 Å². The summed E-state index contributed by atoms with van der Waals surface area (Å²) in [5.41, 5.74) is 0.636. The first kappa shape index (κ1) is 20.3. The normalized spacial score (nSPS) is 20.4. The van der Waals surface area contributed by atoms with Gasteiger partial charge in [-0.25, -0.2) is 18.8 Å². The standard InChI is InChI=1S/C21H24F2N2O2S/c1-25-12-15(13-7-5-8-14(11-13)28(2,3)4)18(21(25)27)20(26)24-17-10-6-9-16(22)19(17)23/h5-11,15,18H,12H2,1-4H3,(H,24,26)/t15-,18+/m1/s1. The lowest BCUT2D eigenvalue weighted by molar-refractivity contribution is -0.135. The molecule has 1 fully saturated rings. The largest absolute Gasteiger partial charge is 0.344 e. The van der Waals surface area contributed by atoms with Gasteiger partial charge in [0.05, 0.1) is 5.69 Å². The van der Waals surface area contributed by atoms with Crippen LogP contribution in [0.15, 0.2) is 47.4 Å². The van der Waals surface area contributed by atoms with E-state index in [-0.39, 0.29) is 17.5 Å². The maximum absolute atomic E-state index is 13.9. The number of nitrogens with one attached hydrogen (secondary N) is 1. The molecule has 2 amide bonds. The summed E-state index contributed by atoms with van der Waals surface area (Å²) in [5, 5.41) is 2.39. The van der Waals surface area contributed by atoms with Crippen LogP contribution < -0.4 is 5.32 Å². The van der Waals surface area contributed by atoms with Crippen LogP contribution in [0, 0.1) is 17.6 Å². The molecule has 2 aromatic rings. The SMILES string of the molecule is CN1C[C@H](c2cccc(S(C)(C)C)c2)[C@@H](C(=O)Nc2cccc(F)c2F)C1=O. The minimum Gasteiger partial charge on any atom is -0.344 e. The average Bonchev–Trinajstić information content (AvgIpc) is 2.93. The molecule has 0 unspecified atom stereocenters. The zero-order valence-electron chi connectivity index (χ0n) is 16.3. The van der Waals surface area contributed by atoms with Crippen LogP contribution in [0.3, 0.4) is 0 Å². The van der Waals surface area contributed by atoms with Gasteiger partial charge in [-0.15, -0.1) is 0 Å². The molecular formula is C21H24F2N2O2S. The van der Waals surface area contributed by atoms with E-state index in [1.165, 1.54) is 21.9 Å². The van der Waals surface area contributed by atoms with Crippen molar-refractivity contribution in [1.82, 2.24) is 4.90 Å². The molecule has 0 aliphatic carbocycles. The first-order valence-electron chi connectivity index (χ1n) is 8.88. The molecule has 28 heavy (non-hydrogen) atoms. The highest BCUT2D eigenvalue weighted by molar-refractivity contribution is 8.32. The summed E-state index contributed by atoms with van der Waals surface area (Å²) >= 11 is 0. The van der Waals surface area contributed by atoms with Crippen molar-refractivity contribution in [3.63, 3.8) is 0 Å². The molecule has 150 valence electrons. The number of likely N-dealkylation sites (tertiary alicyclic amines) is 1. The third-order valence-corrected chi connectivity index (χ3v) is 6.67. The van der Waals surface area contributed by atoms with E-state index < -0.39 is 33.5 Å². The fourth-order valence-electron chi connectivity index (χ4n) is 3.43. The van der Waals surface area contributed by atoms with Crippen LogP contribution in [0.5, 0.6) is 0 Å². The van der Waals surface area contributed by atoms with Crippen LogP contribution in [0.4, 0.5) is 14.5 Å². The van der Waals surface area contributed by atoms with Gasteiger partial charge in [0.25, 0.3) is 0 Å². The smallest absolute Gasteiger partial charge is 0.237 e. The molecule has 0 radical (unpaired) electrons. The molecule has 1 aliphatic rings. The molecule has 0 saturated carbocycles. The van der Waals surface area contributed by atoms with E-state index in [9.17, 15) is 18.4 Å². The van der Waals surface area contributed by atoms with E-state index in [2.05, 4.69) is 36.2 Å². The lowest BCUT2D eigenvalue weighted by Crippen LogP contribution is -2.33. The maximum Gasteiger partial charge on any atom is 0.237 e. The van der Waals surface area contributed by atoms with Gasteiger partial charge in [-0.05, 0) is 47.4 Å². The summed E-state index contributed by atoms with van der Waals surface area (Å²) < 4.78 is 27.4. The molecule has 1 aliphatic heterocycles. The first-order chi connectivity index (χ1) is 13.1. The minimum atomic E-state index is -1.13. The van der Waals surface area contributed by atoms with E-state index in [0.29, 0.717) is 6.54 Å². The second kappa shape index (κ2) is 7.54. The molecule has 4 nitrogen and oxygen atoms in total. The van der Waals surface area contributed by atoms with Gasteiger partial charge in [0.1, 0.15) is 5.92 Å². The number of rotatable bonds is 4. The number of amides is 2. The lowest BCUT2D eigenvalue weighted by Gasteiger charge is -2.27. The number of hydrogen-bond acceptors (Lipinski definition) is 2. The molecule has 3 rings (SSSR count). The van der Waals surface area contributed by atoms with E-state index in [1.54, 1.807) is 7.05 Å². The van der Waals surface area contributed by atoms with Gasteiger partial charge >= 0.3 is 0 Å². The molecule has 1 saturated heterocycles. The van der Waals surface area contributed by atoms with Gasteiger partial charge in [-0.3, -0.25) is 9.59 Å². The summed E-state index contributed by atoms with van der Waals surface area (Å²) in [4.78, 5) is 28.2. The Morgan fingerprint density at radius 1 is 1.14 bits per heavy atom. The van der Waals surface area contributed by atoms with E-state index in [4.69, 9.17) is 0 Å². The van der Waals surface area contributed by atoms with Crippen molar-refractivity contribution >= 4 is 27.5 Å². The topological polar surface area (TPSA) is 49.4 Å². The Labute approximate surface area is 165 Å². The second-order valence-corrected chi connectivity index (χ2v) is 11.9. The van der Waals surface area contributed by atoms with Crippen molar-refractivity contribution in [1.29, 1.82) is 0 Å². The molecule has 7 heteroatoms. The van der Waals surface area contributed by atoms with Crippen molar-refractivity contribution in [3.05, 3.63) is 59.7 Å². The highest BCUT2D eigenvalue weighted by atomic mass is 32.3. The number of carbonyl (C=O) groups excluding carboxylic acids is 2. The van der Waals surface area contributed by atoms with Gasteiger partial charge in [-0.1, -0.05) is 24.3 Å². The predicted molar refractivity (Wildman–Crippen MR) is 109 cm³/mol. The van der Waals surface area contributed by atoms with Crippen molar-refractivity contribution in [2.45, 2.75) is 10.8 Å². The Morgan fingerprint density at radius 2 is 1.82 bits per heavy atom. The third-order valence-electron chi connectivity index (χ3n) is 5.00. The molecule has 2 atom stereocenters. The van der Waals surface area contributed by atoms with Gasteiger partial charge in [0, 0.05) is 19.5 Å². The van der Waals surface area contributed by atoms with Crippen LogP contribution in [-0.2, 0) is 9.59 Å². The Morgan fingerprint density at radius 3 is 2.50 bits per heavy atom. The molecule has 1 N–H and O–H groups in total. The number of hydrogen-bond donors (Lipinski definition) is 1. The number of likely N-dealkylation sites (N-methyl/N-ethyl adjacent to an activating group) is 1. The minimum absolute atomic E-state index is 0.265. The van der Waals surface area contributed by atoms with Gasteiger partial charge < -0.3 is 10.2 Å². The Hall–Kier alpha value is -2.41. The summed E-state index contributed by atoms with van der Waals surface area (Å²) in [5.74, 6) is -4.48. The van der Waals surface area contributed by atoms with Gasteiger partial charge in [0.2, 0.25) is 11.8 Å². The zero-order valence-corrected chi connectivity index (χ0v) is 17.1. The fraction of sp³-hybridized carbons (Fsp3) is 0.333. The summed E-state index contributed by atoms with van der Waals surface area (Å²) in [7, 11) is 0.674. The van der Waals surface area contributed by atoms with E-state index in [1.807, 2.05) is 12.1 Å². The molecule has 0 aromatic heterocycles. The predicted octanol–water partition coefficient (Wildman–Crippen LogP) is 3.83. The molecule has 0 spiro atoms. The molecule has 2 aromatic carbocycles. The van der Waals surface area contributed by atoms with Crippen molar-refractivity contribution < 1.29 is 18.4 Å². The second-order valence-electron chi connectivity index (χ2n) is 7.80. The van der Waals surface area contributed by atoms with E-state index >= 15 is 0 Å². The third kappa shape index (κ3) is 3.90. The Kier molecular flexibility index (Phi) is 5.48. The first-order valence-corrected chi connectivity index (χ1v) is 11.7. The van der Waals surface area contributed by atoms with Crippen LogP contribution >= 0.6 is 10.0 Å². The van der Waals surface area contributed by atoms with Crippen LogP contribution in [-0.4, -0.2) is 49.1 Å². The van der Waals surface area contributed by atoms with E-state index in [0.717, 1.165) is 11.6 Å². The number of halogens is 2. The molecule has 0 bridgehead atoms. The fourth-order valence-corrected chi connectivity index (χ4v) is 4.41.